The first-order valence-corrected chi connectivity index (χ1v) is 13.1. The van der Waals surface area contributed by atoms with Gasteiger partial charge in [-0.3, -0.25) is 4.79 Å². The van der Waals surface area contributed by atoms with Crippen LogP contribution in [0.2, 0.25) is 0 Å². The minimum Gasteiger partial charge on any atom is -0.507 e. The normalized spacial score (nSPS) is 11.0. The summed E-state index contributed by atoms with van der Waals surface area (Å²) in [6.07, 6.45) is 3.89. The second-order valence-corrected chi connectivity index (χ2v) is 9.34. The number of phenols is 1. The number of methoxy groups -OCH3 is 1. The van der Waals surface area contributed by atoms with Crippen LogP contribution in [0, 0.1) is 0 Å². The van der Waals surface area contributed by atoms with Gasteiger partial charge in [0, 0.05) is 42.0 Å². The molecule has 9 heteroatoms. The number of benzene rings is 3. The molecular weight excluding hydrogens is 516 g/mol. The molecule has 0 saturated heterocycles. The molecule has 0 aliphatic carbocycles. The summed E-state index contributed by atoms with van der Waals surface area (Å²) < 4.78 is 5.39. The first kappa shape index (κ1) is 25.7. The number of imidazole rings is 1. The topological polar surface area (TPSA) is 126 Å². The zero-order valence-electron chi connectivity index (χ0n) is 22.2. The average Bonchev–Trinajstić information content (AvgIpc) is 3.45. The van der Waals surface area contributed by atoms with E-state index in [1.165, 1.54) is 0 Å². The van der Waals surface area contributed by atoms with Crippen molar-refractivity contribution in [2.75, 3.05) is 13.7 Å². The van der Waals surface area contributed by atoms with Crippen LogP contribution in [0.25, 0.3) is 44.8 Å². The van der Waals surface area contributed by atoms with Gasteiger partial charge in [-0.25, -0.2) is 19.9 Å². The van der Waals surface area contributed by atoms with Crippen molar-refractivity contribution in [1.29, 1.82) is 0 Å². The summed E-state index contributed by atoms with van der Waals surface area (Å²) >= 11 is 0. The van der Waals surface area contributed by atoms with Crippen LogP contribution in [0.5, 0.6) is 11.6 Å². The van der Waals surface area contributed by atoms with Crippen LogP contribution in [0.1, 0.15) is 16.2 Å². The molecule has 0 fully saturated rings. The van der Waals surface area contributed by atoms with Gasteiger partial charge in [0.15, 0.2) is 0 Å². The van der Waals surface area contributed by atoms with E-state index in [2.05, 4.69) is 30.2 Å². The second kappa shape index (κ2) is 11.3. The Labute approximate surface area is 236 Å². The molecule has 3 aromatic carbocycles. The van der Waals surface area contributed by atoms with E-state index in [0.717, 1.165) is 22.4 Å². The Hall–Kier alpha value is -5.57. The maximum atomic E-state index is 12.9. The van der Waals surface area contributed by atoms with Crippen molar-refractivity contribution in [2.45, 2.75) is 6.42 Å². The predicted molar refractivity (Wildman–Crippen MR) is 156 cm³/mol. The van der Waals surface area contributed by atoms with Gasteiger partial charge in [-0.15, -0.1) is 0 Å². The molecule has 3 aromatic heterocycles. The van der Waals surface area contributed by atoms with Gasteiger partial charge in [0.25, 0.3) is 5.91 Å². The lowest BCUT2D eigenvalue weighted by atomic mass is 10.0. The lowest BCUT2D eigenvalue weighted by Gasteiger charge is -2.09. The summed E-state index contributed by atoms with van der Waals surface area (Å²) in [4.78, 5) is 34.0. The number of nitrogens with zero attached hydrogens (tertiary/aromatic N) is 4. The molecule has 1 amide bonds. The van der Waals surface area contributed by atoms with Gasteiger partial charge in [-0.1, -0.05) is 36.4 Å². The fraction of sp³-hybridized carbons (Fsp3) is 0.0938. The highest BCUT2D eigenvalue weighted by atomic mass is 16.5. The number of pyridine rings is 1. The van der Waals surface area contributed by atoms with Crippen molar-refractivity contribution < 1.29 is 14.6 Å². The zero-order chi connectivity index (χ0) is 28.2. The minimum atomic E-state index is -0.212. The van der Waals surface area contributed by atoms with Crippen molar-refractivity contribution in [1.82, 2.24) is 30.2 Å². The summed E-state index contributed by atoms with van der Waals surface area (Å²) in [6, 6.07) is 26.0. The number of rotatable bonds is 8. The maximum absolute atomic E-state index is 12.9. The van der Waals surface area contributed by atoms with Crippen molar-refractivity contribution in [3.63, 3.8) is 0 Å². The molecule has 41 heavy (non-hydrogen) atoms. The maximum Gasteiger partial charge on any atom is 0.251 e. The molecule has 0 atom stereocenters. The van der Waals surface area contributed by atoms with Crippen LogP contribution in [0.4, 0.5) is 0 Å². The fourth-order valence-corrected chi connectivity index (χ4v) is 4.62. The van der Waals surface area contributed by atoms with E-state index >= 15 is 0 Å². The average molecular weight is 543 g/mol. The number of hydrogen-bond donors (Lipinski definition) is 3. The van der Waals surface area contributed by atoms with Crippen LogP contribution >= 0.6 is 0 Å². The number of carbonyl (C=O) groups excluding carboxylic acids is 1. The molecule has 0 aliphatic rings. The number of aromatic nitrogens is 5. The Balaban J connectivity index is 1.17. The van der Waals surface area contributed by atoms with Crippen molar-refractivity contribution >= 4 is 16.9 Å². The van der Waals surface area contributed by atoms with Gasteiger partial charge >= 0.3 is 0 Å². The third kappa shape index (κ3) is 5.46. The van der Waals surface area contributed by atoms with Gasteiger partial charge < -0.3 is 20.1 Å². The molecule has 0 saturated carbocycles. The Morgan fingerprint density at radius 3 is 2.61 bits per heavy atom. The van der Waals surface area contributed by atoms with E-state index in [9.17, 15) is 9.90 Å². The van der Waals surface area contributed by atoms with E-state index in [-0.39, 0.29) is 11.7 Å². The summed E-state index contributed by atoms with van der Waals surface area (Å²) in [5.74, 6) is 1.49. The highest BCUT2D eigenvalue weighted by Gasteiger charge is 2.15. The number of nitrogens with one attached hydrogen (secondary N) is 2. The molecule has 3 heterocycles. The number of aromatic amines is 1. The van der Waals surface area contributed by atoms with E-state index in [1.54, 1.807) is 49.8 Å². The minimum absolute atomic E-state index is 0.0761. The third-order valence-electron chi connectivity index (χ3n) is 6.68. The Kier molecular flexibility index (Phi) is 7.06. The molecule has 6 aromatic rings. The first-order chi connectivity index (χ1) is 20.1. The van der Waals surface area contributed by atoms with Crippen molar-refractivity contribution in [3.8, 4) is 45.4 Å². The molecule has 0 aliphatic heterocycles. The van der Waals surface area contributed by atoms with Gasteiger partial charge in [0.1, 0.15) is 17.4 Å². The third-order valence-corrected chi connectivity index (χ3v) is 6.68. The van der Waals surface area contributed by atoms with E-state index in [1.807, 2.05) is 54.6 Å². The summed E-state index contributed by atoms with van der Waals surface area (Å²) in [6.45, 7) is 0.391. The highest BCUT2D eigenvalue weighted by Crippen LogP contribution is 2.35. The number of fused-ring (bicyclic) bond motifs is 1. The van der Waals surface area contributed by atoms with E-state index < -0.39 is 0 Å². The van der Waals surface area contributed by atoms with E-state index in [0.29, 0.717) is 52.7 Å². The van der Waals surface area contributed by atoms with Gasteiger partial charge in [0.2, 0.25) is 5.88 Å². The number of aromatic hydroxyl groups is 1. The first-order valence-electron chi connectivity index (χ1n) is 13.1. The smallest absolute Gasteiger partial charge is 0.251 e. The fourth-order valence-electron chi connectivity index (χ4n) is 4.62. The molecule has 0 radical (unpaired) electrons. The van der Waals surface area contributed by atoms with Gasteiger partial charge in [0.05, 0.1) is 29.4 Å². The molecule has 0 bridgehead atoms. The monoisotopic (exact) mass is 542 g/mol. The molecule has 0 spiro atoms. The number of H-pyrrole nitrogens is 1. The van der Waals surface area contributed by atoms with Gasteiger partial charge in [-0.2, -0.15) is 0 Å². The summed E-state index contributed by atoms with van der Waals surface area (Å²) in [5.41, 5.74) is 5.84. The standard InChI is InChI=1S/C32H26N6O3/c1-41-32-23(8-5-15-35-32)21-10-12-28(39)24(18-21)30-37-26-11-9-22(19-27(26)38-30)31(40)34-17-14-29-33-16-13-25(36-29)20-6-3-2-4-7-20/h2-13,15-16,18-19,39H,14,17H2,1H3,(H,34,40)(H,37,38). The molecule has 3 N–H and O–H groups in total. The van der Waals surface area contributed by atoms with Gasteiger partial charge in [-0.05, 0) is 54.1 Å². The Morgan fingerprint density at radius 1 is 0.878 bits per heavy atom. The van der Waals surface area contributed by atoms with Crippen LogP contribution in [0.3, 0.4) is 0 Å². The van der Waals surface area contributed by atoms with Crippen LogP contribution < -0.4 is 10.1 Å². The second-order valence-electron chi connectivity index (χ2n) is 9.34. The van der Waals surface area contributed by atoms with Crippen molar-refractivity contribution in [2.24, 2.45) is 0 Å². The largest absolute Gasteiger partial charge is 0.507 e. The summed E-state index contributed by atoms with van der Waals surface area (Å²) in [5, 5.41) is 13.6. The molecule has 0 unspecified atom stereocenters. The lowest BCUT2D eigenvalue weighted by Crippen LogP contribution is -2.26. The number of ether oxygens (including phenoxy) is 1. The Bertz CT molecular complexity index is 1850. The molecule has 202 valence electrons. The quantitative estimate of drug-likeness (QED) is 0.234. The number of amides is 1. The molecular formula is C32H26N6O3. The van der Waals surface area contributed by atoms with Crippen molar-refractivity contribution in [3.05, 3.63) is 109 Å². The number of carbonyl (C=O) groups is 1. The predicted octanol–water partition coefficient (Wildman–Crippen LogP) is 5.44. The van der Waals surface area contributed by atoms with E-state index in [4.69, 9.17) is 4.74 Å². The summed E-state index contributed by atoms with van der Waals surface area (Å²) in [7, 11) is 1.57. The molecule has 9 nitrogen and oxygen atoms in total. The Morgan fingerprint density at radius 2 is 1.76 bits per heavy atom. The van der Waals surface area contributed by atoms with Crippen LogP contribution in [-0.4, -0.2) is 49.6 Å². The van der Waals surface area contributed by atoms with Crippen LogP contribution in [-0.2, 0) is 6.42 Å². The van der Waals surface area contributed by atoms with Crippen LogP contribution in [0.15, 0.2) is 97.3 Å². The number of phenolic OH excluding ortho intramolecular Hbond substituents is 1. The lowest BCUT2D eigenvalue weighted by molar-refractivity contribution is 0.0954. The highest BCUT2D eigenvalue weighted by molar-refractivity contribution is 5.97. The number of hydrogen-bond acceptors (Lipinski definition) is 7. The SMILES string of the molecule is COc1ncccc1-c1ccc(O)c(-c2nc3ccc(C(=O)NCCc4nccc(-c5ccccc5)n4)cc3[nH]2)c1. The molecule has 6 rings (SSSR count). The zero-order valence-corrected chi connectivity index (χ0v) is 22.2.